The zero-order chi connectivity index (χ0) is 17.9. The van der Waals surface area contributed by atoms with Crippen molar-refractivity contribution in [2.75, 3.05) is 12.4 Å². The van der Waals surface area contributed by atoms with Gasteiger partial charge in [0.25, 0.3) is 0 Å². The van der Waals surface area contributed by atoms with Gasteiger partial charge in [0.2, 0.25) is 5.91 Å². The predicted molar refractivity (Wildman–Crippen MR) is 87.9 cm³/mol. The summed E-state index contributed by atoms with van der Waals surface area (Å²) in [4.78, 5) is 35.8. The van der Waals surface area contributed by atoms with Crippen LogP contribution in [0.25, 0.3) is 0 Å². The standard InChI is InChI=1S/C17H22N2O5/c1-17(2,3)24-16(22)19-12-8-7-10-5-6-11(15(21)23-4)9-13(10)18-14(12)20/h5-6,9,12H,7-8H2,1-4H3,(H,18,20)(H,19,22)/t12-/m0/s1. The van der Waals surface area contributed by atoms with Gasteiger partial charge in [-0.05, 0) is 51.3 Å². The third kappa shape index (κ3) is 4.47. The number of fused-ring (bicyclic) bond motifs is 1. The zero-order valence-electron chi connectivity index (χ0n) is 14.3. The van der Waals surface area contributed by atoms with Crippen molar-refractivity contribution in [3.63, 3.8) is 0 Å². The Morgan fingerprint density at radius 2 is 2.00 bits per heavy atom. The van der Waals surface area contributed by atoms with Gasteiger partial charge in [0.15, 0.2) is 0 Å². The zero-order valence-corrected chi connectivity index (χ0v) is 14.3. The highest BCUT2D eigenvalue weighted by Crippen LogP contribution is 2.24. The van der Waals surface area contributed by atoms with Gasteiger partial charge in [0.1, 0.15) is 11.6 Å². The van der Waals surface area contributed by atoms with Gasteiger partial charge in [-0.15, -0.1) is 0 Å². The number of alkyl carbamates (subject to hydrolysis) is 1. The second-order valence-corrected chi connectivity index (χ2v) is 6.59. The van der Waals surface area contributed by atoms with Crippen molar-refractivity contribution in [3.8, 4) is 0 Å². The Bertz CT molecular complexity index is 663. The Kier molecular flexibility index (Phi) is 5.11. The van der Waals surface area contributed by atoms with Crippen LogP contribution in [0.1, 0.15) is 43.1 Å². The summed E-state index contributed by atoms with van der Waals surface area (Å²) in [5.41, 5.74) is 1.17. The molecule has 2 rings (SSSR count). The second kappa shape index (κ2) is 6.90. The molecule has 1 aliphatic rings. The van der Waals surface area contributed by atoms with E-state index in [0.717, 1.165) is 5.56 Å². The van der Waals surface area contributed by atoms with Crippen LogP contribution in [0.2, 0.25) is 0 Å². The Labute approximate surface area is 140 Å². The van der Waals surface area contributed by atoms with Crippen LogP contribution in [0.5, 0.6) is 0 Å². The summed E-state index contributed by atoms with van der Waals surface area (Å²) < 4.78 is 9.86. The van der Waals surface area contributed by atoms with Gasteiger partial charge in [-0.3, -0.25) is 4.79 Å². The van der Waals surface area contributed by atoms with E-state index in [1.807, 2.05) is 0 Å². The average molecular weight is 334 g/mol. The number of aryl methyl sites for hydroxylation is 1. The van der Waals surface area contributed by atoms with E-state index in [1.165, 1.54) is 7.11 Å². The lowest BCUT2D eigenvalue weighted by Gasteiger charge is -2.22. The van der Waals surface area contributed by atoms with Crippen molar-refractivity contribution < 1.29 is 23.9 Å². The van der Waals surface area contributed by atoms with Crippen LogP contribution in [0.15, 0.2) is 18.2 Å². The quantitative estimate of drug-likeness (QED) is 0.809. The van der Waals surface area contributed by atoms with E-state index in [1.54, 1.807) is 39.0 Å². The first-order valence-corrected chi connectivity index (χ1v) is 7.71. The van der Waals surface area contributed by atoms with E-state index in [-0.39, 0.29) is 5.91 Å². The first-order chi connectivity index (χ1) is 11.2. The van der Waals surface area contributed by atoms with E-state index in [0.29, 0.717) is 24.1 Å². The highest BCUT2D eigenvalue weighted by molar-refractivity contribution is 5.99. The Morgan fingerprint density at radius 1 is 1.29 bits per heavy atom. The predicted octanol–water partition coefficient (Wildman–Crippen LogP) is 2.25. The number of hydrogen-bond acceptors (Lipinski definition) is 5. The molecular formula is C17H22N2O5. The van der Waals surface area contributed by atoms with Crippen LogP contribution in [0.3, 0.4) is 0 Å². The fourth-order valence-corrected chi connectivity index (χ4v) is 2.39. The number of hydrogen-bond donors (Lipinski definition) is 2. The highest BCUT2D eigenvalue weighted by Gasteiger charge is 2.27. The molecule has 0 saturated carbocycles. The van der Waals surface area contributed by atoms with Crippen molar-refractivity contribution in [1.82, 2.24) is 5.32 Å². The summed E-state index contributed by atoms with van der Waals surface area (Å²) >= 11 is 0. The van der Waals surface area contributed by atoms with Gasteiger partial charge in [0.05, 0.1) is 12.7 Å². The van der Waals surface area contributed by atoms with Crippen LogP contribution < -0.4 is 10.6 Å². The number of ether oxygens (including phenoxy) is 2. The van der Waals surface area contributed by atoms with Crippen molar-refractivity contribution in [3.05, 3.63) is 29.3 Å². The molecule has 1 aromatic rings. The topological polar surface area (TPSA) is 93.7 Å². The molecule has 0 spiro atoms. The highest BCUT2D eigenvalue weighted by atomic mass is 16.6. The third-order valence-electron chi connectivity index (χ3n) is 3.50. The minimum absolute atomic E-state index is 0.346. The molecule has 1 aliphatic heterocycles. The van der Waals surface area contributed by atoms with Gasteiger partial charge in [-0.2, -0.15) is 0 Å². The Balaban J connectivity index is 2.11. The molecule has 7 nitrogen and oxygen atoms in total. The molecule has 1 atom stereocenters. The van der Waals surface area contributed by atoms with Gasteiger partial charge >= 0.3 is 12.1 Å². The lowest BCUT2D eigenvalue weighted by Crippen LogP contribution is -2.45. The molecule has 1 aromatic carbocycles. The maximum atomic E-state index is 12.3. The molecule has 2 N–H and O–H groups in total. The molecule has 0 saturated heterocycles. The van der Waals surface area contributed by atoms with Crippen molar-refractivity contribution in [1.29, 1.82) is 0 Å². The summed E-state index contributed by atoms with van der Waals surface area (Å²) in [6.45, 7) is 5.26. The van der Waals surface area contributed by atoms with Crippen LogP contribution in [0, 0.1) is 0 Å². The molecule has 7 heteroatoms. The summed E-state index contributed by atoms with van der Waals surface area (Å²) in [7, 11) is 1.30. The Morgan fingerprint density at radius 3 is 2.62 bits per heavy atom. The molecule has 24 heavy (non-hydrogen) atoms. The van der Waals surface area contributed by atoms with Crippen molar-refractivity contribution >= 4 is 23.7 Å². The molecule has 0 aromatic heterocycles. The molecule has 2 amide bonds. The lowest BCUT2D eigenvalue weighted by atomic mass is 10.0. The number of carbonyl (C=O) groups is 3. The minimum atomic E-state index is -0.700. The molecule has 0 aliphatic carbocycles. The van der Waals surface area contributed by atoms with E-state index < -0.39 is 23.7 Å². The summed E-state index contributed by atoms with van der Waals surface area (Å²) in [6, 6.07) is 4.30. The van der Waals surface area contributed by atoms with Crippen LogP contribution in [-0.4, -0.2) is 36.7 Å². The third-order valence-corrected chi connectivity index (χ3v) is 3.50. The first-order valence-electron chi connectivity index (χ1n) is 7.71. The first kappa shape index (κ1) is 17.8. The molecule has 0 bridgehead atoms. The smallest absolute Gasteiger partial charge is 0.408 e. The summed E-state index contributed by atoms with van der Waals surface area (Å²) in [6.07, 6.45) is 0.384. The normalized spacial score (nSPS) is 17.2. The molecule has 0 radical (unpaired) electrons. The van der Waals surface area contributed by atoms with Crippen LogP contribution in [-0.2, 0) is 20.7 Å². The number of nitrogens with one attached hydrogen (secondary N) is 2. The van der Waals surface area contributed by atoms with Crippen molar-refractivity contribution in [2.24, 2.45) is 0 Å². The fraction of sp³-hybridized carbons (Fsp3) is 0.471. The molecule has 1 heterocycles. The van der Waals surface area contributed by atoms with E-state index in [9.17, 15) is 14.4 Å². The van der Waals surface area contributed by atoms with Crippen molar-refractivity contribution in [2.45, 2.75) is 45.3 Å². The van der Waals surface area contributed by atoms with Gasteiger partial charge in [-0.1, -0.05) is 6.07 Å². The largest absolute Gasteiger partial charge is 0.465 e. The maximum absolute atomic E-state index is 12.3. The number of methoxy groups -OCH3 is 1. The summed E-state index contributed by atoms with van der Waals surface area (Å²) in [5, 5.41) is 5.33. The van der Waals surface area contributed by atoms with Crippen LogP contribution in [0.4, 0.5) is 10.5 Å². The van der Waals surface area contributed by atoms with Gasteiger partial charge in [-0.25, -0.2) is 9.59 Å². The lowest BCUT2D eigenvalue weighted by molar-refractivity contribution is -0.118. The Hall–Kier alpha value is -2.57. The number of esters is 1. The minimum Gasteiger partial charge on any atom is -0.465 e. The number of carbonyl (C=O) groups excluding carboxylic acids is 3. The summed E-state index contributed by atoms with van der Waals surface area (Å²) in [5.74, 6) is -0.818. The number of rotatable bonds is 2. The fourth-order valence-electron chi connectivity index (χ4n) is 2.39. The number of anilines is 1. The average Bonchev–Trinajstić information content (AvgIpc) is 2.63. The molecular weight excluding hydrogens is 312 g/mol. The van der Waals surface area contributed by atoms with E-state index >= 15 is 0 Å². The molecule has 0 fully saturated rings. The second-order valence-electron chi connectivity index (χ2n) is 6.59. The van der Waals surface area contributed by atoms with Gasteiger partial charge in [0, 0.05) is 5.69 Å². The maximum Gasteiger partial charge on any atom is 0.408 e. The van der Waals surface area contributed by atoms with Gasteiger partial charge < -0.3 is 20.1 Å². The van der Waals surface area contributed by atoms with E-state index in [4.69, 9.17) is 4.74 Å². The van der Waals surface area contributed by atoms with E-state index in [2.05, 4.69) is 15.4 Å². The number of amides is 2. The monoisotopic (exact) mass is 334 g/mol. The van der Waals surface area contributed by atoms with Crippen LogP contribution >= 0.6 is 0 Å². The molecule has 130 valence electrons. The molecule has 0 unspecified atom stereocenters. The SMILES string of the molecule is COC(=O)c1ccc2c(c1)NC(=O)[C@@H](NC(=O)OC(C)(C)C)CC2. The number of benzene rings is 1.